The summed E-state index contributed by atoms with van der Waals surface area (Å²) < 4.78 is 30.5. The van der Waals surface area contributed by atoms with Crippen LogP contribution in [0.15, 0.2) is 30.6 Å². The zero-order chi connectivity index (χ0) is 26.7. The number of hydrogen-bond acceptors (Lipinski definition) is 7. The number of anilines is 1. The number of hydrogen-bond donors (Lipinski definition) is 2. The molecule has 6 rings (SSSR count). The fourth-order valence-corrected chi connectivity index (χ4v) is 5.69. The normalized spacial score (nSPS) is 13.6. The summed E-state index contributed by atoms with van der Waals surface area (Å²) >= 11 is 0.890. The van der Waals surface area contributed by atoms with Crippen molar-refractivity contribution in [1.82, 2.24) is 29.4 Å². The Morgan fingerprint density at radius 2 is 2.08 bits per heavy atom. The molecule has 1 aliphatic rings. The first-order chi connectivity index (χ1) is 18.3. The fourth-order valence-electron chi connectivity index (χ4n) is 4.67. The van der Waals surface area contributed by atoms with Gasteiger partial charge >= 0.3 is 0 Å². The first kappa shape index (κ1) is 24.1. The monoisotopic (exact) mass is 536 g/mol. The van der Waals surface area contributed by atoms with Crippen LogP contribution in [0.2, 0.25) is 0 Å². The molecule has 0 spiro atoms. The van der Waals surface area contributed by atoms with Crippen LogP contribution in [-0.4, -0.2) is 41.2 Å². The second kappa shape index (κ2) is 8.94. The molecule has 1 fully saturated rings. The van der Waals surface area contributed by atoms with Gasteiger partial charge in [-0.1, -0.05) is 0 Å². The Morgan fingerprint density at radius 3 is 2.74 bits per heavy atom. The highest BCUT2D eigenvalue weighted by Crippen LogP contribution is 2.48. The number of nitrogens with two attached hydrogens (primary N) is 1. The van der Waals surface area contributed by atoms with Crippen molar-refractivity contribution in [2.24, 2.45) is 5.73 Å². The third kappa shape index (κ3) is 3.90. The van der Waals surface area contributed by atoms with Crippen molar-refractivity contribution in [2.75, 3.05) is 5.32 Å². The molecule has 0 saturated heterocycles. The first-order valence-corrected chi connectivity index (χ1v) is 12.8. The van der Waals surface area contributed by atoms with E-state index < -0.39 is 18.2 Å². The number of thiophene rings is 1. The van der Waals surface area contributed by atoms with Gasteiger partial charge in [-0.2, -0.15) is 10.2 Å². The van der Waals surface area contributed by atoms with Gasteiger partial charge in [0.25, 0.3) is 18.2 Å². The molecular formula is C25H22F2N8O2S. The van der Waals surface area contributed by atoms with Gasteiger partial charge in [-0.3, -0.25) is 14.3 Å². The van der Waals surface area contributed by atoms with Gasteiger partial charge in [0.2, 0.25) is 0 Å². The summed E-state index contributed by atoms with van der Waals surface area (Å²) in [6, 6.07) is 4.68. The van der Waals surface area contributed by atoms with Crippen LogP contribution in [-0.2, 0) is 6.54 Å². The summed E-state index contributed by atoms with van der Waals surface area (Å²) in [6.07, 6.45) is 2.26. The van der Waals surface area contributed by atoms with Crippen molar-refractivity contribution in [3.05, 3.63) is 58.1 Å². The van der Waals surface area contributed by atoms with Crippen LogP contribution in [0.3, 0.4) is 0 Å². The van der Waals surface area contributed by atoms with Gasteiger partial charge in [-0.15, -0.1) is 11.3 Å². The highest BCUT2D eigenvalue weighted by atomic mass is 32.1. The third-order valence-electron chi connectivity index (χ3n) is 6.68. The molecular weight excluding hydrogens is 514 g/mol. The van der Waals surface area contributed by atoms with Crippen LogP contribution < -0.4 is 11.1 Å². The molecule has 0 radical (unpaired) electrons. The van der Waals surface area contributed by atoms with Crippen molar-refractivity contribution in [1.29, 1.82) is 0 Å². The Hall–Kier alpha value is -4.26. The summed E-state index contributed by atoms with van der Waals surface area (Å²) in [6.45, 7) is 4.66. The number of amides is 2. The lowest BCUT2D eigenvalue weighted by atomic mass is 10.0. The number of aryl methyl sites for hydroxylation is 1. The lowest BCUT2D eigenvalue weighted by molar-refractivity contribution is 0.100. The minimum absolute atomic E-state index is 0.0411. The SMILES string of the molecule is CCn1ncc(-c2ccnc3cc(C(=O)Nc4c(C(N)=O)sc5nc(C(F)F)cc(C6CC6)c45)nn23)c1C. The molecule has 0 atom stereocenters. The van der Waals surface area contributed by atoms with E-state index in [1.807, 2.05) is 18.5 Å². The number of rotatable bonds is 7. The molecule has 5 heterocycles. The predicted octanol–water partition coefficient (Wildman–Crippen LogP) is 4.70. The number of carbonyl (C=O) groups excluding carboxylic acids is 2. The molecule has 1 aliphatic carbocycles. The quantitative estimate of drug-likeness (QED) is 0.310. The number of pyridine rings is 1. The van der Waals surface area contributed by atoms with Crippen LogP contribution in [0.5, 0.6) is 0 Å². The molecule has 194 valence electrons. The van der Waals surface area contributed by atoms with Gasteiger partial charge in [-0.05, 0) is 50.3 Å². The van der Waals surface area contributed by atoms with E-state index in [1.54, 1.807) is 23.0 Å². The molecule has 3 N–H and O–H groups in total. The molecule has 1 saturated carbocycles. The summed E-state index contributed by atoms with van der Waals surface area (Å²) in [5.41, 5.74) is 9.06. The minimum Gasteiger partial charge on any atom is -0.365 e. The number of nitrogens with one attached hydrogen (secondary N) is 1. The van der Waals surface area contributed by atoms with E-state index >= 15 is 0 Å². The van der Waals surface area contributed by atoms with Gasteiger partial charge in [-0.25, -0.2) is 23.3 Å². The maximum absolute atomic E-state index is 13.5. The zero-order valence-electron chi connectivity index (χ0n) is 20.4. The van der Waals surface area contributed by atoms with Gasteiger partial charge in [0.15, 0.2) is 11.3 Å². The Balaban J connectivity index is 1.43. The molecule has 5 aromatic rings. The topological polar surface area (TPSA) is 133 Å². The smallest absolute Gasteiger partial charge is 0.280 e. The van der Waals surface area contributed by atoms with E-state index in [1.165, 1.54) is 12.1 Å². The van der Waals surface area contributed by atoms with Gasteiger partial charge in [0.05, 0.1) is 17.6 Å². The molecule has 10 nitrogen and oxygen atoms in total. The number of fused-ring (bicyclic) bond motifs is 2. The van der Waals surface area contributed by atoms with Crippen molar-refractivity contribution < 1.29 is 18.4 Å². The number of aromatic nitrogens is 6. The predicted molar refractivity (Wildman–Crippen MR) is 138 cm³/mol. The maximum Gasteiger partial charge on any atom is 0.280 e. The number of alkyl halides is 2. The Labute approximate surface area is 218 Å². The van der Waals surface area contributed by atoms with E-state index in [2.05, 4.69) is 25.5 Å². The first-order valence-electron chi connectivity index (χ1n) is 12.0. The highest BCUT2D eigenvalue weighted by molar-refractivity contribution is 7.21. The van der Waals surface area contributed by atoms with E-state index in [-0.39, 0.29) is 32.7 Å². The van der Waals surface area contributed by atoms with E-state index in [0.717, 1.165) is 35.4 Å². The molecule has 38 heavy (non-hydrogen) atoms. The summed E-state index contributed by atoms with van der Waals surface area (Å²) in [5, 5.41) is 12.1. The average molecular weight is 537 g/mol. The van der Waals surface area contributed by atoms with Crippen LogP contribution >= 0.6 is 11.3 Å². The second-order valence-electron chi connectivity index (χ2n) is 9.11. The van der Waals surface area contributed by atoms with Crippen LogP contribution in [0.1, 0.15) is 69.2 Å². The number of halogens is 2. The summed E-state index contributed by atoms with van der Waals surface area (Å²) in [7, 11) is 0. The number of primary amides is 1. The average Bonchev–Trinajstić information content (AvgIpc) is 3.37. The maximum atomic E-state index is 13.5. The number of carbonyl (C=O) groups is 2. The van der Waals surface area contributed by atoms with Crippen molar-refractivity contribution in [3.8, 4) is 11.3 Å². The summed E-state index contributed by atoms with van der Waals surface area (Å²) in [4.78, 5) is 34.4. The van der Waals surface area contributed by atoms with E-state index in [0.29, 0.717) is 28.8 Å². The Bertz CT molecular complexity index is 1750. The second-order valence-corrected chi connectivity index (χ2v) is 10.1. The van der Waals surface area contributed by atoms with Crippen LogP contribution in [0.4, 0.5) is 14.5 Å². The molecule has 0 unspecified atom stereocenters. The van der Waals surface area contributed by atoms with Crippen molar-refractivity contribution in [2.45, 2.75) is 45.6 Å². The molecule has 0 aliphatic heterocycles. The van der Waals surface area contributed by atoms with Gasteiger partial charge in [0.1, 0.15) is 15.4 Å². The minimum atomic E-state index is -2.76. The van der Waals surface area contributed by atoms with E-state index in [4.69, 9.17) is 5.73 Å². The summed E-state index contributed by atoms with van der Waals surface area (Å²) in [5.74, 6) is -1.33. The molecule has 2 amide bonds. The van der Waals surface area contributed by atoms with E-state index in [9.17, 15) is 18.4 Å². The fraction of sp³-hybridized carbons (Fsp3) is 0.280. The zero-order valence-corrected chi connectivity index (χ0v) is 21.2. The lowest BCUT2D eigenvalue weighted by Crippen LogP contribution is -2.17. The molecule has 0 bridgehead atoms. The lowest BCUT2D eigenvalue weighted by Gasteiger charge is -2.09. The number of nitrogens with zero attached hydrogens (tertiary/aromatic N) is 6. The van der Waals surface area contributed by atoms with Gasteiger partial charge in [0, 0.05) is 35.5 Å². The largest absolute Gasteiger partial charge is 0.365 e. The third-order valence-corrected chi connectivity index (χ3v) is 7.78. The van der Waals surface area contributed by atoms with Crippen LogP contribution in [0.25, 0.3) is 27.1 Å². The standard InChI is InChI=1S/C25H22F2N8O2S/c1-3-34-11(2)14(10-30-34)17-6-7-29-18-9-16(33-35(17)18)24(37)32-20-19-13(12-4-5-12)8-15(22(26)27)31-25(19)38-21(20)23(28)36/h6-10,12,22H,3-5H2,1-2H3,(H2,28,36)(H,32,37). The van der Waals surface area contributed by atoms with Gasteiger partial charge < -0.3 is 11.1 Å². The Kier molecular flexibility index (Phi) is 5.67. The highest BCUT2D eigenvalue weighted by Gasteiger charge is 2.32. The molecule has 5 aromatic heterocycles. The van der Waals surface area contributed by atoms with Crippen LogP contribution in [0, 0.1) is 6.92 Å². The van der Waals surface area contributed by atoms with Crippen molar-refractivity contribution in [3.63, 3.8) is 0 Å². The Morgan fingerprint density at radius 1 is 1.29 bits per heavy atom. The molecule has 13 heteroatoms. The van der Waals surface area contributed by atoms with Crippen molar-refractivity contribution >= 4 is 44.7 Å². The molecule has 0 aromatic carbocycles.